The van der Waals surface area contributed by atoms with Crippen molar-refractivity contribution in [1.82, 2.24) is 15.1 Å². The first-order valence-corrected chi connectivity index (χ1v) is 6.66. The third kappa shape index (κ3) is 3.12. The van der Waals surface area contributed by atoms with E-state index < -0.39 is 0 Å². The van der Waals surface area contributed by atoms with Crippen LogP contribution in [0, 0.1) is 0 Å². The van der Waals surface area contributed by atoms with E-state index in [-0.39, 0.29) is 11.1 Å². The average Bonchev–Trinajstić information content (AvgIpc) is 2.44. The summed E-state index contributed by atoms with van der Waals surface area (Å²) in [4.78, 5) is 24.0. The Morgan fingerprint density at radius 1 is 1.16 bits per heavy atom. The predicted molar refractivity (Wildman–Crippen MR) is 76.6 cm³/mol. The van der Waals surface area contributed by atoms with Crippen LogP contribution in [0.2, 0.25) is 0 Å². The summed E-state index contributed by atoms with van der Waals surface area (Å²) in [6, 6.07) is 6.90. The summed E-state index contributed by atoms with van der Waals surface area (Å²) in [7, 11) is 0. The van der Waals surface area contributed by atoms with Gasteiger partial charge in [0.05, 0.1) is 10.8 Å². The molecule has 2 N–H and O–H groups in total. The van der Waals surface area contributed by atoms with Crippen molar-refractivity contribution in [3.05, 3.63) is 45.0 Å². The maximum Gasteiger partial charge on any atom is 0.273 e. The SMILES string of the molecule is CCCNCCCn1[nH]c(=O)c2ccccc2c1=O. The maximum absolute atomic E-state index is 12.2. The maximum atomic E-state index is 12.2. The number of hydrogen-bond donors (Lipinski definition) is 2. The molecule has 0 bridgehead atoms. The quantitative estimate of drug-likeness (QED) is 0.765. The summed E-state index contributed by atoms with van der Waals surface area (Å²) in [5.74, 6) is 0. The van der Waals surface area contributed by atoms with Crippen LogP contribution in [0.25, 0.3) is 10.8 Å². The smallest absolute Gasteiger partial charge is 0.273 e. The highest BCUT2D eigenvalue weighted by atomic mass is 16.2. The van der Waals surface area contributed by atoms with Crippen LogP contribution in [0.1, 0.15) is 19.8 Å². The van der Waals surface area contributed by atoms with Crippen LogP contribution in [-0.2, 0) is 6.54 Å². The summed E-state index contributed by atoms with van der Waals surface area (Å²) < 4.78 is 1.40. The van der Waals surface area contributed by atoms with E-state index in [0.29, 0.717) is 17.3 Å². The number of H-pyrrole nitrogens is 1. The monoisotopic (exact) mass is 261 g/mol. The molecule has 0 fully saturated rings. The second-order valence-corrected chi connectivity index (χ2v) is 4.55. The van der Waals surface area contributed by atoms with Gasteiger partial charge in [0.15, 0.2) is 0 Å². The predicted octanol–water partition coefficient (Wildman–Crippen LogP) is 1.08. The lowest BCUT2D eigenvalue weighted by molar-refractivity contribution is 0.521. The van der Waals surface area contributed by atoms with Gasteiger partial charge >= 0.3 is 0 Å². The van der Waals surface area contributed by atoms with Gasteiger partial charge in [-0.15, -0.1) is 0 Å². The molecule has 0 saturated carbocycles. The third-order valence-corrected chi connectivity index (χ3v) is 3.05. The van der Waals surface area contributed by atoms with Gasteiger partial charge in [0, 0.05) is 6.54 Å². The molecular formula is C14H19N3O2. The Morgan fingerprint density at radius 3 is 2.63 bits per heavy atom. The number of aromatic nitrogens is 2. The lowest BCUT2D eigenvalue weighted by Gasteiger charge is -2.07. The van der Waals surface area contributed by atoms with Crippen LogP contribution in [0.5, 0.6) is 0 Å². The second kappa shape index (κ2) is 6.33. The summed E-state index contributed by atoms with van der Waals surface area (Å²) in [6.45, 7) is 4.45. The van der Waals surface area contributed by atoms with E-state index in [9.17, 15) is 9.59 Å². The summed E-state index contributed by atoms with van der Waals surface area (Å²) >= 11 is 0. The number of aromatic amines is 1. The summed E-state index contributed by atoms with van der Waals surface area (Å²) in [5.41, 5.74) is -0.345. The van der Waals surface area contributed by atoms with Crippen LogP contribution in [0.3, 0.4) is 0 Å². The van der Waals surface area contributed by atoms with Crippen molar-refractivity contribution >= 4 is 10.8 Å². The Balaban J connectivity index is 2.18. The number of nitrogens with zero attached hydrogens (tertiary/aromatic N) is 1. The van der Waals surface area contributed by atoms with E-state index in [1.807, 2.05) is 0 Å². The fourth-order valence-corrected chi connectivity index (χ4v) is 2.07. The van der Waals surface area contributed by atoms with Crippen molar-refractivity contribution in [2.45, 2.75) is 26.3 Å². The molecule has 1 heterocycles. The normalized spacial score (nSPS) is 11.0. The van der Waals surface area contributed by atoms with E-state index in [0.717, 1.165) is 25.9 Å². The Kier molecular flexibility index (Phi) is 4.52. The minimum absolute atomic E-state index is 0.134. The highest BCUT2D eigenvalue weighted by molar-refractivity contribution is 5.80. The molecule has 0 spiro atoms. The van der Waals surface area contributed by atoms with Crippen molar-refractivity contribution in [2.24, 2.45) is 0 Å². The molecule has 0 radical (unpaired) electrons. The number of benzene rings is 1. The highest BCUT2D eigenvalue weighted by Gasteiger charge is 2.05. The van der Waals surface area contributed by atoms with Crippen LogP contribution in [-0.4, -0.2) is 22.9 Å². The average molecular weight is 261 g/mol. The molecule has 0 saturated heterocycles. The molecule has 0 unspecified atom stereocenters. The van der Waals surface area contributed by atoms with E-state index in [2.05, 4.69) is 17.3 Å². The molecular weight excluding hydrogens is 242 g/mol. The standard InChI is InChI=1S/C14H19N3O2/c1-2-8-15-9-5-10-17-14(19)12-7-4-3-6-11(12)13(18)16-17/h3-4,6-7,15H,2,5,8-10H2,1H3,(H,16,18). The summed E-state index contributed by atoms with van der Waals surface area (Å²) in [6.07, 6.45) is 1.90. The van der Waals surface area contributed by atoms with Gasteiger partial charge in [0.2, 0.25) is 0 Å². The van der Waals surface area contributed by atoms with E-state index in [1.54, 1.807) is 24.3 Å². The molecule has 5 nitrogen and oxygen atoms in total. The zero-order chi connectivity index (χ0) is 13.7. The van der Waals surface area contributed by atoms with Crippen LogP contribution < -0.4 is 16.4 Å². The van der Waals surface area contributed by atoms with Crippen molar-refractivity contribution in [3.63, 3.8) is 0 Å². The molecule has 0 aliphatic heterocycles. The van der Waals surface area contributed by atoms with Gasteiger partial charge in [0.1, 0.15) is 0 Å². The number of aryl methyl sites for hydroxylation is 1. The second-order valence-electron chi connectivity index (χ2n) is 4.55. The zero-order valence-corrected chi connectivity index (χ0v) is 11.1. The molecule has 2 aromatic rings. The molecule has 0 aliphatic carbocycles. The molecule has 19 heavy (non-hydrogen) atoms. The lowest BCUT2D eigenvalue weighted by atomic mass is 10.2. The number of rotatable bonds is 6. The van der Waals surface area contributed by atoms with Gasteiger partial charge in [-0.2, -0.15) is 0 Å². The van der Waals surface area contributed by atoms with Crippen LogP contribution >= 0.6 is 0 Å². The fraction of sp³-hybridized carbons (Fsp3) is 0.429. The lowest BCUT2D eigenvalue weighted by Crippen LogP contribution is -2.31. The first kappa shape index (κ1) is 13.5. The fourth-order valence-electron chi connectivity index (χ4n) is 2.07. The zero-order valence-electron chi connectivity index (χ0n) is 11.1. The number of fused-ring (bicyclic) bond motifs is 1. The van der Waals surface area contributed by atoms with Crippen molar-refractivity contribution < 1.29 is 0 Å². The van der Waals surface area contributed by atoms with Crippen molar-refractivity contribution in [1.29, 1.82) is 0 Å². The first-order valence-electron chi connectivity index (χ1n) is 6.66. The Labute approximate surface area is 111 Å². The minimum atomic E-state index is -0.211. The minimum Gasteiger partial charge on any atom is -0.317 e. The molecule has 5 heteroatoms. The van der Waals surface area contributed by atoms with Crippen molar-refractivity contribution in [3.8, 4) is 0 Å². The largest absolute Gasteiger partial charge is 0.317 e. The number of nitrogens with one attached hydrogen (secondary N) is 2. The van der Waals surface area contributed by atoms with Gasteiger partial charge < -0.3 is 5.32 Å². The molecule has 2 rings (SSSR count). The molecule has 1 aromatic carbocycles. The van der Waals surface area contributed by atoms with Crippen LogP contribution in [0.15, 0.2) is 33.9 Å². The topological polar surface area (TPSA) is 66.9 Å². The van der Waals surface area contributed by atoms with Gasteiger partial charge in [-0.3, -0.25) is 14.7 Å². The van der Waals surface area contributed by atoms with Gasteiger partial charge in [-0.1, -0.05) is 19.1 Å². The molecule has 0 amide bonds. The number of hydrogen-bond acceptors (Lipinski definition) is 3. The van der Waals surface area contributed by atoms with E-state index in [4.69, 9.17) is 0 Å². The van der Waals surface area contributed by atoms with Gasteiger partial charge in [-0.25, -0.2) is 4.68 Å². The van der Waals surface area contributed by atoms with Gasteiger partial charge in [-0.05, 0) is 38.1 Å². The molecule has 102 valence electrons. The van der Waals surface area contributed by atoms with Gasteiger partial charge in [0.25, 0.3) is 11.1 Å². The summed E-state index contributed by atoms with van der Waals surface area (Å²) in [5, 5.41) is 6.83. The third-order valence-electron chi connectivity index (χ3n) is 3.05. The Hall–Kier alpha value is -1.88. The molecule has 1 aromatic heterocycles. The highest BCUT2D eigenvalue weighted by Crippen LogP contribution is 2.02. The van der Waals surface area contributed by atoms with E-state index >= 15 is 0 Å². The Morgan fingerprint density at radius 2 is 1.89 bits per heavy atom. The molecule has 0 atom stereocenters. The van der Waals surface area contributed by atoms with Crippen LogP contribution in [0.4, 0.5) is 0 Å². The molecule has 0 aliphatic rings. The Bertz CT molecular complexity index is 658. The van der Waals surface area contributed by atoms with Crippen molar-refractivity contribution in [2.75, 3.05) is 13.1 Å². The van der Waals surface area contributed by atoms with E-state index in [1.165, 1.54) is 4.68 Å². The first-order chi connectivity index (χ1) is 9.24.